The molecule has 6 nitrogen and oxygen atoms in total. The minimum Gasteiger partial charge on any atom is -0.271 e. The molecule has 0 radical (unpaired) electrons. The quantitative estimate of drug-likeness (QED) is 0.292. The third kappa shape index (κ3) is 5.41. The van der Waals surface area contributed by atoms with Crippen molar-refractivity contribution in [3.05, 3.63) is 107 Å². The Morgan fingerprint density at radius 2 is 1.57 bits per heavy atom. The van der Waals surface area contributed by atoms with Crippen molar-refractivity contribution in [3.63, 3.8) is 0 Å². The van der Waals surface area contributed by atoms with E-state index in [-0.39, 0.29) is 4.90 Å². The van der Waals surface area contributed by atoms with E-state index in [1.54, 1.807) is 36.5 Å². The number of hydrogen-bond acceptors (Lipinski definition) is 4. The molecule has 0 aromatic heterocycles. The fourth-order valence-electron chi connectivity index (χ4n) is 3.83. The summed E-state index contributed by atoms with van der Waals surface area (Å²) in [5.41, 5.74) is 6.38. The number of hydrazone groups is 1. The number of nitrogens with zero attached hydrogens (tertiary/aromatic N) is 2. The maximum absolute atomic E-state index is 13.6. The van der Waals surface area contributed by atoms with Crippen molar-refractivity contribution >= 4 is 38.6 Å². The number of fused-ring (bicyclic) bond motifs is 1. The molecule has 7 heteroatoms. The molecule has 1 N–H and O–H groups in total. The lowest BCUT2D eigenvalue weighted by Crippen LogP contribution is -2.40. The van der Waals surface area contributed by atoms with Gasteiger partial charge in [0.2, 0.25) is 0 Å². The molecular formula is C28H27N3O3S. The molecule has 4 aromatic carbocycles. The molecular weight excluding hydrogens is 458 g/mol. The molecule has 4 rings (SSSR count). The second-order valence-corrected chi connectivity index (χ2v) is 10.3. The van der Waals surface area contributed by atoms with Crippen LogP contribution in [0.5, 0.6) is 0 Å². The van der Waals surface area contributed by atoms with Crippen LogP contribution in [0.1, 0.15) is 22.3 Å². The Bertz CT molecular complexity index is 1510. The summed E-state index contributed by atoms with van der Waals surface area (Å²) >= 11 is 0. The van der Waals surface area contributed by atoms with Crippen molar-refractivity contribution in [1.82, 2.24) is 5.43 Å². The van der Waals surface area contributed by atoms with Gasteiger partial charge in [-0.1, -0.05) is 72.3 Å². The molecule has 0 fully saturated rings. The van der Waals surface area contributed by atoms with Gasteiger partial charge in [0.1, 0.15) is 6.54 Å². The highest BCUT2D eigenvalue weighted by atomic mass is 32.2. The molecule has 0 saturated carbocycles. The van der Waals surface area contributed by atoms with Crippen LogP contribution >= 0.6 is 0 Å². The lowest BCUT2D eigenvalue weighted by molar-refractivity contribution is -0.119. The number of sulfonamides is 1. The van der Waals surface area contributed by atoms with Crippen LogP contribution < -0.4 is 9.73 Å². The van der Waals surface area contributed by atoms with Gasteiger partial charge >= 0.3 is 0 Å². The first-order chi connectivity index (χ1) is 16.8. The Labute approximate surface area is 206 Å². The van der Waals surface area contributed by atoms with Gasteiger partial charge in [-0.25, -0.2) is 13.8 Å². The van der Waals surface area contributed by atoms with E-state index >= 15 is 0 Å². The highest BCUT2D eigenvalue weighted by molar-refractivity contribution is 7.92. The summed E-state index contributed by atoms with van der Waals surface area (Å²) in [6, 6.07) is 25.8. The number of benzene rings is 4. The second kappa shape index (κ2) is 10.1. The average Bonchev–Trinajstić information content (AvgIpc) is 2.84. The average molecular weight is 486 g/mol. The lowest BCUT2D eigenvalue weighted by atomic mass is 10.1. The summed E-state index contributed by atoms with van der Waals surface area (Å²) < 4.78 is 28.3. The fourth-order valence-corrected chi connectivity index (χ4v) is 5.31. The number of carbonyl (C=O) groups excluding carboxylic acids is 1. The van der Waals surface area contributed by atoms with Crippen LogP contribution in [0.25, 0.3) is 10.8 Å². The van der Waals surface area contributed by atoms with Crippen LogP contribution in [-0.2, 0) is 14.8 Å². The van der Waals surface area contributed by atoms with Crippen LogP contribution in [0.4, 0.5) is 5.69 Å². The van der Waals surface area contributed by atoms with Gasteiger partial charge in [-0.05, 0) is 60.9 Å². The Morgan fingerprint density at radius 1 is 0.886 bits per heavy atom. The highest BCUT2D eigenvalue weighted by Gasteiger charge is 2.28. The van der Waals surface area contributed by atoms with E-state index in [1.165, 1.54) is 0 Å². The van der Waals surface area contributed by atoms with Crippen LogP contribution in [0, 0.1) is 20.8 Å². The minimum absolute atomic E-state index is 0.121. The number of hydrogen-bond donors (Lipinski definition) is 1. The monoisotopic (exact) mass is 485 g/mol. The maximum atomic E-state index is 13.6. The molecule has 1 amide bonds. The van der Waals surface area contributed by atoms with Crippen LogP contribution in [0.2, 0.25) is 0 Å². The predicted octanol–water partition coefficient (Wildman–Crippen LogP) is 5.11. The molecule has 0 unspecified atom stereocenters. The molecule has 0 spiro atoms. The number of anilines is 1. The number of nitrogens with one attached hydrogen (secondary N) is 1. The van der Waals surface area contributed by atoms with Gasteiger partial charge in [0, 0.05) is 5.56 Å². The third-order valence-corrected chi connectivity index (χ3v) is 7.52. The zero-order valence-electron chi connectivity index (χ0n) is 19.9. The Balaban J connectivity index is 1.61. The van der Waals surface area contributed by atoms with Crippen LogP contribution in [0.15, 0.2) is 94.9 Å². The van der Waals surface area contributed by atoms with E-state index in [0.29, 0.717) is 5.69 Å². The summed E-state index contributed by atoms with van der Waals surface area (Å²) in [6.45, 7) is 5.19. The summed E-state index contributed by atoms with van der Waals surface area (Å²) in [7, 11) is -3.99. The highest BCUT2D eigenvalue weighted by Crippen LogP contribution is 2.28. The van der Waals surface area contributed by atoms with E-state index < -0.39 is 22.5 Å². The van der Waals surface area contributed by atoms with Gasteiger partial charge in [-0.3, -0.25) is 9.10 Å². The van der Waals surface area contributed by atoms with Gasteiger partial charge in [0.15, 0.2) is 0 Å². The topological polar surface area (TPSA) is 78.8 Å². The van der Waals surface area contributed by atoms with Gasteiger partial charge in [-0.2, -0.15) is 5.10 Å². The number of carbonyl (C=O) groups is 1. The Hall–Kier alpha value is -3.97. The standard InChI is InChI=1S/C28H27N3O3S/c1-20-12-15-25(16-13-20)35(33,34)31(27-17-21(2)11-14-22(27)3)19-28(32)30-29-18-24-9-6-8-23-7-4-5-10-26(23)24/h4-18H,19H2,1-3H3,(H,30,32). The normalized spacial score (nSPS) is 11.6. The van der Waals surface area contributed by atoms with Crippen molar-refractivity contribution in [1.29, 1.82) is 0 Å². The maximum Gasteiger partial charge on any atom is 0.264 e. The largest absolute Gasteiger partial charge is 0.271 e. The summed E-state index contributed by atoms with van der Waals surface area (Å²) in [5, 5.41) is 6.17. The minimum atomic E-state index is -3.99. The molecule has 0 aliphatic carbocycles. The molecule has 35 heavy (non-hydrogen) atoms. The van der Waals surface area contributed by atoms with Gasteiger partial charge in [0.25, 0.3) is 15.9 Å². The van der Waals surface area contributed by atoms with Crippen LogP contribution in [0.3, 0.4) is 0 Å². The molecule has 0 bridgehead atoms. The van der Waals surface area contributed by atoms with E-state index in [9.17, 15) is 13.2 Å². The molecule has 0 heterocycles. The third-order valence-electron chi connectivity index (χ3n) is 5.75. The van der Waals surface area contributed by atoms with Crippen molar-refractivity contribution in [2.75, 3.05) is 10.8 Å². The molecule has 178 valence electrons. The Morgan fingerprint density at radius 3 is 2.34 bits per heavy atom. The van der Waals surface area contributed by atoms with Crippen molar-refractivity contribution < 1.29 is 13.2 Å². The lowest BCUT2D eigenvalue weighted by Gasteiger charge is -2.25. The summed E-state index contributed by atoms with van der Waals surface area (Å²) in [5.74, 6) is -0.543. The zero-order chi connectivity index (χ0) is 25.0. The van der Waals surface area contributed by atoms with E-state index in [0.717, 1.165) is 37.3 Å². The molecule has 4 aromatic rings. The van der Waals surface area contributed by atoms with E-state index in [4.69, 9.17) is 0 Å². The molecule has 0 aliphatic rings. The number of rotatable bonds is 7. The first-order valence-corrected chi connectivity index (χ1v) is 12.7. The number of aryl methyl sites for hydroxylation is 3. The van der Waals surface area contributed by atoms with E-state index in [1.807, 2.05) is 75.4 Å². The summed E-state index contributed by atoms with van der Waals surface area (Å²) in [4.78, 5) is 13.0. The van der Waals surface area contributed by atoms with Gasteiger partial charge in [0.05, 0.1) is 16.8 Å². The Kier molecular flexibility index (Phi) is 6.98. The fraction of sp³-hybridized carbons (Fsp3) is 0.143. The van der Waals surface area contributed by atoms with Crippen LogP contribution in [-0.4, -0.2) is 27.1 Å². The smallest absolute Gasteiger partial charge is 0.264 e. The van der Waals surface area contributed by atoms with Gasteiger partial charge in [-0.15, -0.1) is 0 Å². The first kappa shape index (κ1) is 24.2. The van der Waals surface area contributed by atoms with Crippen molar-refractivity contribution in [3.8, 4) is 0 Å². The van der Waals surface area contributed by atoms with Gasteiger partial charge < -0.3 is 0 Å². The van der Waals surface area contributed by atoms with E-state index in [2.05, 4.69) is 10.5 Å². The molecule has 0 atom stereocenters. The van der Waals surface area contributed by atoms with Crippen molar-refractivity contribution in [2.45, 2.75) is 25.7 Å². The molecule has 0 saturated heterocycles. The zero-order valence-corrected chi connectivity index (χ0v) is 20.7. The number of amides is 1. The summed E-state index contributed by atoms with van der Waals surface area (Å²) in [6.07, 6.45) is 1.57. The van der Waals surface area contributed by atoms with Crippen molar-refractivity contribution in [2.24, 2.45) is 5.10 Å². The first-order valence-electron chi connectivity index (χ1n) is 11.2. The SMILES string of the molecule is Cc1ccc(S(=O)(=O)N(CC(=O)NN=Cc2cccc3ccccc23)c2cc(C)ccc2C)cc1. The predicted molar refractivity (Wildman–Crippen MR) is 141 cm³/mol. The second-order valence-electron chi connectivity index (χ2n) is 8.48. The molecule has 0 aliphatic heterocycles.